The van der Waals surface area contributed by atoms with Crippen LogP contribution in [-0.4, -0.2) is 10.9 Å². The Labute approximate surface area is 172 Å². The molecule has 4 nitrogen and oxygen atoms in total. The van der Waals surface area contributed by atoms with Gasteiger partial charge < -0.3 is 9.73 Å². The topological polar surface area (TPSA) is 55.1 Å². The van der Waals surface area contributed by atoms with E-state index < -0.39 is 11.6 Å². The summed E-state index contributed by atoms with van der Waals surface area (Å²) in [6.07, 6.45) is 1.83. The number of halogens is 2. The average molecular weight is 406 g/mol. The third-order valence-electron chi connectivity index (χ3n) is 4.98. The molecule has 4 rings (SSSR count). The summed E-state index contributed by atoms with van der Waals surface area (Å²) >= 11 is 0. The van der Waals surface area contributed by atoms with Crippen LogP contribution in [0.3, 0.4) is 0 Å². The van der Waals surface area contributed by atoms with Gasteiger partial charge >= 0.3 is 0 Å². The molecule has 4 aromatic rings. The molecular weight excluding hydrogens is 386 g/mol. The van der Waals surface area contributed by atoms with Crippen LogP contribution in [-0.2, 0) is 11.2 Å². The minimum atomic E-state index is -0.723. The first-order valence-electron chi connectivity index (χ1n) is 9.68. The van der Waals surface area contributed by atoms with Crippen molar-refractivity contribution in [2.45, 2.75) is 25.8 Å². The van der Waals surface area contributed by atoms with Crippen molar-refractivity contribution in [1.82, 2.24) is 10.3 Å². The lowest BCUT2D eigenvalue weighted by Crippen LogP contribution is -2.27. The van der Waals surface area contributed by atoms with Crippen LogP contribution >= 0.6 is 0 Å². The number of carbonyl (C=O) groups is 1. The fraction of sp³-hybridized carbons (Fsp3) is 0.167. The Morgan fingerprint density at radius 1 is 1.10 bits per heavy atom. The Morgan fingerprint density at radius 2 is 1.90 bits per heavy atom. The molecule has 152 valence electrons. The molecular formula is C24H20F2N2O2. The SMILES string of the molecule is CC(NC(=O)CCc1ncc(-c2ccc(F)cc2F)o1)c1cccc2ccccc12. The monoisotopic (exact) mass is 406 g/mol. The number of hydrogen-bond acceptors (Lipinski definition) is 3. The molecule has 6 heteroatoms. The zero-order chi connectivity index (χ0) is 21.1. The number of aryl methyl sites for hydroxylation is 1. The Kier molecular flexibility index (Phi) is 5.57. The molecule has 0 aliphatic rings. The van der Waals surface area contributed by atoms with Gasteiger partial charge in [-0.15, -0.1) is 0 Å². The van der Waals surface area contributed by atoms with Gasteiger partial charge in [0.05, 0.1) is 17.8 Å². The lowest BCUT2D eigenvalue weighted by molar-refractivity contribution is -0.121. The van der Waals surface area contributed by atoms with E-state index in [-0.39, 0.29) is 36.1 Å². The summed E-state index contributed by atoms with van der Waals surface area (Å²) in [5.41, 5.74) is 1.18. The Balaban J connectivity index is 1.39. The minimum absolute atomic E-state index is 0.129. The fourth-order valence-corrected chi connectivity index (χ4v) is 3.48. The van der Waals surface area contributed by atoms with E-state index in [9.17, 15) is 13.6 Å². The van der Waals surface area contributed by atoms with E-state index in [2.05, 4.69) is 10.3 Å². The Hall–Kier alpha value is -3.54. The zero-order valence-electron chi connectivity index (χ0n) is 16.4. The van der Waals surface area contributed by atoms with Crippen LogP contribution in [0.4, 0.5) is 8.78 Å². The van der Waals surface area contributed by atoms with Crippen LogP contribution in [0, 0.1) is 11.6 Å². The maximum absolute atomic E-state index is 13.9. The summed E-state index contributed by atoms with van der Waals surface area (Å²) < 4.78 is 32.5. The van der Waals surface area contributed by atoms with Crippen molar-refractivity contribution in [3.8, 4) is 11.3 Å². The number of oxazole rings is 1. The number of rotatable bonds is 6. The molecule has 1 unspecified atom stereocenters. The molecule has 30 heavy (non-hydrogen) atoms. The highest BCUT2D eigenvalue weighted by atomic mass is 19.1. The predicted octanol–water partition coefficient (Wildman–Crippen LogP) is 5.58. The van der Waals surface area contributed by atoms with Gasteiger partial charge in [0, 0.05) is 18.9 Å². The second kappa shape index (κ2) is 8.45. The van der Waals surface area contributed by atoms with E-state index in [0.29, 0.717) is 5.89 Å². The molecule has 1 aromatic heterocycles. The van der Waals surface area contributed by atoms with Crippen molar-refractivity contribution >= 4 is 16.7 Å². The first-order chi connectivity index (χ1) is 14.5. The largest absolute Gasteiger partial charge is 0.441 e. The molecule has 0 spiro atoms. The van der Waals surface area contributed by atoms with E-state index in [0.717, 1.165) is 28.5 Å². The van der Waals surface area contributed by atoms with Gasteiger partial charge in [-0.3, -0.25) is 4.79 Å². The van der Waals surface area contributed by atoms with Gasteiger partial charge in [0.25, 0.3) is 0 Å². The molecule has 0 aliphatic carbocycles. The highest BCUT2D eigenvalue weighted by Gasteiger charge is 2.15. The first-order valence-corrected chi connectivity index (χ1v) is 9.68. The van der Waals surface area contributed by atoms with Gasteiger partial charge in [-0.1, -0.05) is 42.5 Å². The second-order valence-corrected chi connectivity index (χ2v) is 7.10. The van der Waals surface area contributed by atoms with Gasteiger partial charge in [-0.25, -0.2) is 13.8 Å². The third kappa shape index (κ3) is 4.22. The summed E-state index contributed by atoms with van der Waals surface area (Å²) in [5.74, 6) is -0.996. The van der Waals surface area contributed by atoms with Gasteiger partial charge in [-0.2, -0.15) is 0 Å². The number of amides is 1. The Morgan fingerprint density at radius 3 is 2.73 bits per heavy atom. The fourth-order valence-electron chi connectivity index (χ4n) is 3.48. The van der Waals surface area contributed by atoms with Crippen molar-refractivity contribution in [3.63, 3.8) is 0 Å². The Bertz CT molecular complexity index is 1200. The lowest BCUT2D eigenvalue weighted by atomic mass is 9.99. The third-order valence-corrected chi connectivity index (χ3v) is 4.98. The van der Waals surface area contributed by atoms with Gasteiger partial charge in [0.15, 0.2) is 11.7 Å². The van der Waals surface area contributed by atoms with E-state index in [1.165, 1.54) is 12.3 Å². The zero-order valence-corrected chi connectivity index (χ0v) is 16.4. The van der Waals surface area contributed by atoms with E-state index >= 15 is 0 Å². The van der Waals surface area contributed by atoms with E-state index in [1.54, 1.807) is 0 Å². The molecule has 1 amide bonds. The molecule has 0 aliphatic heterocycles. The van der Waals surface area contributed by atoms with Gasteiger partial charge in [0.1, 0.15) is 11.6 Å². The van der Waals surface area contributed by atoms with Crippen LogP contribution < -0.4 is 5.32 Å². The van der Waals surface area contributed by atoms with Crippen molar-refractivity contribution in [1.29, 1.82) is 0 Å². The number of carbonyl (C=O) groups excluding carboxylic acids is 1. The molecule has 1 N–H and O–H groups in total. The molecule has 3 aromatic carbocycles. The van der Waals surface area contributed by atoms with Gasteiger partial charge in [-0.05, 0) is 35.4 Å². The maximum Gasteiger partial charge on any atom is 0.220 e. The number of aromatic nitrogens is 1. The molecule has 1 heterocycles. The second-order valence-electron chi connectivity index (χ2n) is 7.10. The molecule has 0 radical (unpaired) electrons. The quantitative estimate of drug-likeness (QED) is 0.455. The summed E-state index contributed by atoms with van der Waals surface area (Å²) in [5, 5.41) is 5.23. The summed E-state index contributed by atoms with van der Waals surface area (Å²) in [6.45, 7) is 1.94. The van der Waals surface area contributed by atoms with Gasteiger partial charge in [0.2, 0.25) is 5.91 Å². The number of benzene rings is 3. The summed E-state index contributed by atoms with van der Waals surface area (Å²) in [7, 11) is 0. The van der Waals surface area contributed by atoms with Crippen LogP contribution in [0.15, 0.2) is 71.3 Å². The summed E-state index contributed by atoms with van der Waals surface area (Å²) in [6, 6.07) is 17.1. The number of nitrogens with zero attached hydrogens (tertiary/aromatic N) is 1. The smallest absolute Gasteiger partial charge is 0.220 e. The highest BCUT2D eigenvalue weighted by Crippen LogP contribution is 2.26. The number of fused-ring (bicyclic) bond motifs is 1. The minimum Gasteiger partial charge on any atom is -0.441 e. The van der Waals surface area contributed by atoms with Crippen LogP contribution in [0.1, 0.15) is 30.8 Å². The van der Waals surface area contributed by atoms with E-state index in [4.69, 9.17) is 4.42 Å². The highest BCUT2D eigenvalue weighted by molar-refractivity contribution is 5.86. The lowest BCUT2D eigenvalue weighted by Gasteiger charge is -2.16. The first kappa shape index (κ1) is 19.8. The molecule has 0 saturated heterocycles. The molecule has 0 fully saturated rings. The summed E-state index contributed by atoms with van der Waals surface area (Å²) in [4.78, 5) is 16.5. The van der Waals surface area contributed by atoms with Crippen molar-refractivity contribution in [3.05, 3.63) is 89.9 Å². The van der Waals surface area contributed by atoms with Crippen molar-refractivity contribution < 1.29 is 18.0 Å². The van der Waals surface area contributed by atoms with Crippen molar-refractivity contribution in [2.24, 2.45) is 0 Å². The molecule has 0 saturated carbocycles. The number of nitrogens with one attached hydrogen (secondary N) is 1. The van der Waals surface area contributed by atoms with E-state index in [1.807, 2.05) is 49.4 Å². The normalized spacial score (nSPS) is 12.1. The predicted molar refractivity (Wildman–Crippen MR) is 111 cm³/mol. The van der Waals surface area contributed by atoms with Crippen LogP contribution in [0.25, 0.3) is 22.1 Å². The van der Waals surface area contributed by atoms with Crippen LogP contribution in [0.5, 0.6) is 0 Å². The molecule has 1 atom stereocenters. The van der Waals surface area contributed by atoms with Crippen LogP contribution in [0.2, 0.25) is 0 Å². The molecule has 0 bridgehead atoms. The van der Waals surface area contributed by atoms with Crippen molar-refractivity contribution in [2.75, 3.05) is 0 Å². The number of hydrogen-bond donors (Lipinski definition) is 1. The average Bonchev–Trinajstić information content (AvgIpc) is 3.20. The standard InChI is InChI=1S/C24H20F2N2O2/c1-15(18-8-4-6-16-5-2-3-7-19(16)18)28-23(29)11-12-24-27-14-22(30-24)20-10-9-17(25)13-21(20)26/h2-10,13-15H,11-12H2,1H3,(H,28,29). The maximum atomic E-state index is 13.9.